The van der Waals surface area contributed by atoms with E-state index < -0.39 is 23.2 Å². The van der Waals surface area contributed by atoms with Crippen LogP contribution in [0.4, 0.5) is 0 Å². The van der Waals surface area contributed by atoms with E-state index in [1.807, 2.05) is 0 Å². The Kier molecular flexibility index (Phi) is 4.83. The maximum atomic E-state index is 12.8. The molecule has 24 heavy (non-hydrogen) atoms. The summed E-state index contributed by atoms with van der Waals surface area (Å²) in [5.41, 5.74) is -1.51. The van der Waals surface area contributed by atoms with Crippen LogP contribution < -0.4 is 4.74 Å². The van der Waals surface area contributed by atoms with Crippen LogP contribution in [0.25, 0.3) is 0 Å². The number of carbonyl (C=O) groups is 1. The highest BCUT2D eigenvalue weighted by Gasteiger charge is 2.52. The molecule has 1 atom stereocenters. The van der Waals surface area contributed by atoms with Crippen molar-refractivity contribution < 1.29 is 19.5 Å². The Morgan fingerprint density at radius 1 is 1.21 bits per heavy atom. The highest BCUT2D eigenvalue weighted by molar-refractivity contribution is 5.74. The summed E-state index contributed by atoms with van der Waals surface area (Å²) in [7, 11) is 1.27. The number of ether oxygens (including phenoxy) is 2. The first-order chi connectivity index (χ1) is 11.1. The van der Waals surface area contributed by atoms with Crippen LogP contribution in [-0.4, -0.2) is 40.4 Å². The maximum Gasteiger partial charge on any atom is 0.345 e. The Bertz CT molecular complexity index is 597. The Hall–Kier alpha value is -1.80. The fourth-order valence-corrected chi connectivity index (χ4v) is 2.49. The summed E-state index contributed by atoms with van der Waals surface area (Å²) in [6, 6.07) is 6.65. The molecule has 0 aromatic heterocycles. The van der Waals surface area contributed by atoms with Crippen LogP contribution in [0, 0.1) is 11.4 Å². The van der Waals surface area contributed by atoms with Gasteiger partial charge in [-0.2, -0.15) is 11.1 Å². The van der Waals surface area contributed by atoms with Crippen molar-refractivity contribution in [2.75, 3.05) is 7.11 Å². The molecule has 1 saturated heterocycles. The van der Waals surface area contributed by atoms with Gasteiger partial charge in [0.25, 0.3) is 0 Å². The summed E-state index contributed by atoms with van der Waals surface area (Å²) in [5, 5.41) is 27.0. The van der Waals surface area contributed by atoms with Crippen molar-refractivity contribution in [3.8, 4) is 5.75 Å². The van der Waals surface area contributed by atoms with Gasteiger partial charge in [-0.1, -0.05) is 12.1 Å². The Morgan fingerprint density at radius 3 is 2.29 bits per heavy atom. The highest BCUT2D eigenvalue weighted by Crippen LogP contribution is 2.49. The maximum absolute atomic E-state index is 12.8. The molecule has 0 bridgehead atoms. The minimum Gasteiger partial charge on any atom is -0.791 e. The van der Waals surface area contributed by atoms with Gasteiger partial charge in [-0.15, -0.1) is 16.8 Å². The van der Waals surface area contributed by atoms with Gasteiger partial charge in [0.05, 0.1) is 12.6 Å². The summed E-state index contributed by atoms with van der Waals surface area (Å²) in [6.07, 6.45) is -0.892. The van der Waals surface area contributed by atoms with Crippen LogP contribution in [0.2, 0.25) is 0 Å². The van der Waals surface area contributed by atoms with Gasteiger partial charge in [0.15, 0.2) is 6.10 Å². The molecule has 7 nitrogen and oxygen atoms in total. The van der Waals surface area contributed by atoms with Crippen LogP contribution in [0.15, 0.2) is 24.3 Å². The first-order valence-corrected chi connectivity index (χ1v) is 7.71. The number of methoxy groups -OCH3 is 1. The van der Waals surface area contributed by atoms with E-state index in [0.29, 0.717) is 15.7 Å². The minimum atomic E-state index is -0.925. The van der Waals surface area contributed by atoms with Crippen molar-refractivity contribution in [1.82, 2.24) is 10.1 Å². The summed E-state index contributed by atoms with van der Waals surface area (Å²) in [6.45, 7) is 8.42. The summed E-state index contributed by atoms with van der Waals surface area (Å²) in [4.78, 5) is 11.6. The summed E-state index contributed by atoms with van der Waals surface area (Å²) in [5.74, 6) is -0.263. The second-order valence-corrected chi connectivity index (χ2v) is 6.81. The lowest BCUT2D eigenvalue weighted by Crippen LogP contribution is -2.51. The van der Waals surface area contributed by atoms with E-state index in [1.54, 1.807) is 58.9 Å². The molecule has 0 unspecified atom stereocenters. The summed E-state index contributed by atoms with van der Waals surface area (Å²) < 4.78 is 10.3. The first kappa shape index (κ1) is 18.5. The molecule has 1 radical (unpaired) electrons. The average Bonchev–Trinajstić information content (AvgIpc) is 2.65. The lowest BCUT2D eigenvalue weighted by atomic mass is 9.84. The highest BCUT2D eigenvalue weighted by atomic mass is 16.6. The van der Waals surface area contributed by atoms with Gasteiger partial charge in [0.2, 0.25) is 0 Å². The van der Waals surface area contributed by atoms with E-state index in [1.165, 1.54) is 7.11 Å². The molecule has 0 N–H and O–H groups in total. The lowest BCUT2D eigenvalue weighted by molar-refractivity contribution is -0.195. The van der Waals surface area contributed by atoms with Crippen LogP contribution in [0.3, 0.4) is 0 Å². The van der Waals surface area contributed by atoms with Crippen molar-refractivity contribution >= 4 is 5.97 Å². The van der Waals surface area contributed by atoms with Crippen molar-refractivity contribution in [2.24, 2.45) is 0 Å². The summed E-state index contributed by atoms with van der Waals surface area (Å²) >= 11 is 0. The van der Waals surface area contributed by atoms with Crippen molar-refractivity contribution in [3.63, 3.8) is 0 Å². The van der Waals surface area contributed by atoms with Gasteiger partial charge in [-0.3, -0.25) is 0 Å². The molecule has 1 aromatic carbocycles. The number of hydroxylamine groups is 4. The van der Waals surface area contributed by atoms with Gasteiger partial charge >= 0.3 is 5.97 Å². The third-order valence-electron chi connectivity index (χ3n) is 4.86. The van der Waals surface area contributed by atoms with Crippen LogP contribution in [0.1, 0.15) is 40.2 Å². The third kappa shape index (κ3) is 2.73. The molecule has 2 rings (SSSR count). The molecular formula is C17H23N2O5-2. The van der Waals surface area contributed by atoms with Gasteiger partial charge in [-0.05, 0) is 40.8 Å². The zero-order chi connectivity index (χ0) is 18.3. The molecule has 7 heteroatoms. The number of rotatable bonds is 4. The number of para-hydroxylation sites is 1. The monoisotopic (exact) mass is 335 g/mol. The van der Waals surface area contributed by atoms with Crippen LogP contribution >= 0.6 is 0 Å². The zero-order valence-corrected chi connectivity index (χ0v) is 14.8. The quantitative estimate of drug-likeness (QED) is 0.621. The number of nitrogens with zero attached hydrogens (tertiary/aromatic N) is 2. The van der Waals surface area contributed by atoms with Crippen molar-refractivity contribution in [2.45, 2.75) is 51.8 Å². The minimum absolute atomic E-state index is 0.0299. The topological polar surface area (TPSA) is 85.0 Å². The van der Waals surface area contributed by atoms with Gasteiger partial charge in [-0.25, -0.2) is 4.79 Å². The molecule has 1 aliphatic rings. The molecule has 0 aliphatic carbocycles. The van der Waals surface area contributed by atoms with E-state index in [0.717, 1.165) is 0 Å². The fourth-order valence-electron chi connectivity index (χ4n) is 2.49. The Balaban J connectivity index is 2.42. The molecular weight excluding hydrogens is 312 g/mol. The van der Waals surface area contributed by atoms with E-state index >= 15 is 0 Å². The Labute approximate surface area is 142 Å². The van der Waals surface area contributed by atoms with E-state index in [9.17, 15) is 15.2 Å². The standard InChI is InChI=1S/C17H23N2O5/c1-11(15(20)23-6)24-13-10-8-7-9-12(13)14-18(21)16(2,3)17(4,5)19(14)22/h7-11H,1-6H3/q-2/t11-/m1/s1. The van der Waals surface area contributed by atoms with Crippen LogP contribution in [0.5, 0.6) is 5.75 Å². The number of benzene rings is 1. The molecule has 0 amide bonds. The largest absolute Gasteiger partial charge is 0.791 e. The molecule has 133 valence electrons. The normalized spacial score (nSPS) is 21.6. The predicted molar refractivity (Wildman–Crippen MR) is 86.8 cm³/mol. The molecule has 1 aromatic rings. The molecule has 1 aliphatic heterocycles. The van der Waals surface area contributed by atoms with Gasteiger partial charge < -0.3 is 19.7 Å². The smallest absolute Gasteiger partial charge is 0.345 e. The van der Waals surface area contributed by atoms with Crippen molar-refractivity contribution in [1.29, 1.82) is 0 Å². The van der Waals surface area contributed by atoms with Crippen LogP contribution in [-0.2, 0) is 14.7 Å². The van der Waals surface area contributed by atoms with Gasteiger partial charge in [0.1, 0.15) is 0 Å². The van der Waals surface area contributed by atoms with E-state index in [4.69, 9.17) is 4.74 Å². The third-order valence-corrected chi connectivity index (χ3v) is 4.86. The van der Waals surface area contributed by atoms with Crippen molar-refractivity contribution in [3.05, 3.63) is 41.2 Å². The molecule has 0 saturated carbocycles. The fraction of sp³-hybridized carbons (Fsp3) is 0.529. The number of carbonyl (C=O) groups excluding carboxylic acids is 1. The number of hydrogen-bond acceptors (Lipinski definition) is 6. The Morgan fingerprint density at radius 2 is 1.79 bits per heavy atom. The number of esters is 1. The molecule has 0 spiro atoms. The SMILES string of the molecule is COC(=O)[C@@H](C)Oc1ccccc1[C-]1N([O])C(C)(C)C(C)(C)N1[O-]. The zero-order valence-electron chi connectivity index (χ0n) is 14.8. The number of hydrogen-bond donors (Lipinski definition) is 0. The predicted octanol–water partition coefficient (Wildman–Crippen LogP) is 2.48. The van der Waals surface area contributed by atoms with Gasteiger partial charge in [0, 0.05) is 11.3 Å². The molecule has 1 fully saturated rings. The first-order valence-electron chi connectivity index (χ1n) is 7.71. The second-order valence-electron chi connectivity index (χ2n) is 6.81. The molecule has 1 heterocycles. The van der Waals surface area contributed by atoms with E-state index in [-0.39, 0.29) is 11.9 Å². The average molecular weight is 335 g/mol. The second kappa shape index (κ2) is 6.25. The van der Waals surface area contributed by atoms with E-state index in [2.05, 4.69) is 4.74 Å². The lowest BCUT2D eigenvalue weighted by Gasteiger charge is -2.47.